The highest BCUT2D eigenvalue weighted by Crippen LogP contribution is 2.28. The number of hydrogen-bond donors (Lipinski definition) is 2. The second-order valence-corrected chi connectivity index (χ2v) is 6.68. The van der Waals surface area contributed by atoms with Gasteiger partial charge in [0.05, 0.1) is 0 Å². The zero-order valence-corrected chi connectivity index (χ0v) is 15.0. The van der Waals surface area contributed by atoms with E-state index in [0.29, 0.717) is 11.3 Å². The van der Waals surface area contributed by atoms with E-state index in [-0.39, 0.29) is 6.54 Å². The fourth-order valence-electron chi connectivity index (χ4n) is 3.09. The van der Waals surface area contributed by atoms with Gasteiger partial charge in [0, 0.05) is 5.69 Å². The summed E-state index contributed by atoms with van der Waals surface area (Å²) < 4.78 is 0. The SMILES string of the molecule is Cc1ccc(NC(=O)CN2C(=O)N[C@@](C)(c3ccccc3)C2=O)c(C)c1. The van der Waals surface area contributed by atoms with Crippen molar-refractivity contribution in [3.8, 4) is 0 Å². The average Bonchev–Trinajstić information content (AvgIpc) is 2.82. The number of nitrogens with one attached hydrogen (secondary N) is 2. The second-order valence-electron chi connectivity index (χ2n) is 6.68. The lowest BCUT2D eigenvalue weighted by molar-refractivity contribution is -0.133. The summed E-state index contributed by atoms with van der Waals surface area (Å²) in [6.45, 7) is 5.17. The van der Waals surface area contributed by atoms with Gasteiger partial charge in [-0.2, -0.15) is 0 Å². The molecule has 6 nitrogen and oxygen atoms in total. The minimum absolute atomic E-state index is 0.333. The third-order valence-electron chi connectivity index (χ3n) is 4.58. The molecule has 26 heavy (non-hydrogen) atoms. The van der Waals surface area contributed by atoms with Crippen LogP contribution < -0.4 is 10.6 Å². The number of aryl methyl sites for hydroxylation is 2. The predicted molar refractivity (Wildman–Crippen MR) is 98.6 cm³/mol. The zero-order valence-electron chi connectivity index (χ0n) is 15.0. The predicted octanol–water partition coefficient (Wildman–Crippen LogP) is 2.71. The third kappa shape index (κ3) is 3.18. The van der Waals surface area contributed by atoms with E-state index >= 15 is 0 Å². The molecule has 1 aliphatic heterocycles. The number of urea groups is 1. The zero-order chi connectivity index (χ0) is 18.9. The number of amides is 4. The first-order chi connectivity index (χ1) is 12.3. The van der Waals surface area contributed by atoms with E-state index in [9.17, 15) is 14.4 Å². The quantitative estimate of drug-likeness (QED) is 0.832. The number of nitrogens with zero attached hydrogens (tertiary/aromatic N) is 1. The Labute approximate surface area is 152 Å². The van der Waals surface area contributed by atoms with Crippen molar-refractivity contribution in [1.29, 1.82) is 0 Å². The Bertz CT molecular complexity index is 879. The average molecular weight is 351 g/mol. The van der Waals surface area contributed by atoms with Crippen molar-refractivity contribution < 1.29 is 14.4 Å². The summed E-state index contributed by atoms with van der Waals surface area (Å²) in [5, 5.41) is 5.45. The molecule has 0 aromatic heterocycles. The fourth-order valence-corrected chi connectivity index (χ4v) is 3.09. The first-order valence-electron chi connectivity index (χ1n) is 8.38. The maximum absolute atomic E-state index is 12.8. The summed E-state index contributed by atoms with van der Waals surface area (Å²) in [4.78, 5) is 38.4. The molecule has 134 valence electrons. The lowest BCUT2D eigenvalue weighted by atomic mass is 9.92. The Morgan fingerprint density at radius 1 is 1.12 bits per heavy atom. The van der Waals surface area contributed by atoms with Crippen molar-refractivity contribution in [3.63, 3.8) is 0 Å². The van der Waals surface area contributed by atoms with E-state index in [4.69, 9.17) is 0 Å². The van der Waals surface area contributed by atoms with Gasteiger partial charge in [-0.15, -0.1) is 0 Å². The van der Waals surface area contributed by atoms with Crippen molar-refractivity contribution in [2.45, 2.75) is 26.3 Å². The Morgan fingerprint density at radius 2 is 1.81 bits per heavy atom. The molecule has 0 saturated carbocycles. The highest BCUT2D eigenvalue weighted by Gasteiger charge is 2.49. The van der Waals surface area contributed by atoms with Crippen molar-refractivity contribution in [2.75, 3.05) is 11.9 Å². The van der Waals surface area contributed by atoms with E-state index in [2.05, 4.69) is 10.6 Å². The summed E-state index contributed by atoms with van der Waals surface area (Å²) in [5.41, 5.74) is 2.19. The van der Waals surface area contributed by atoms with E-state index in [0.717, 1.165) is 16.0 Å². The van der Waals surface area contributed by atoms with Crippen molar-refractivity contribution >= 4 is 23.5 Å². The van der Waals surface area contributed by atoms with Gasteiger partial charge in [-0.05, 0) is 38.0 Å². The number of benzene rings is 2. The van der Waals surface area contributed by atoms with Crippen LogP contribution in [0.5, 0.6) is 0 Å². The number of imide groups is 1. The van der Waals surface area contributed by atoms with Gasteiger partial charge in [0.1, 0.15) is 12.1 Å². The summed E-state index contributed by atoms with van der Waals surface area (Å²) in [6.07, 6.45) is 0. The Morgan fingerprint density at radius 3 is 2.46 bits per heavy atom. The Balaban J connectivity index is 1.74. The topological polar surface area (TPSA) is 78.5 Å². The smallest absolute Gasteiger partial charge is 0.324 e. The summed E-state index contributed by atoms with van der Waals surface area (Å²) in [5.74, 6) is -0.859. The van der Waals surface area contributed by atoms with Crippen molar-refractivity contribution in [2.24, 2.45) is 0 Å². The molecule has 2 aromatic carbocycles. The number of anilines is 1. The molecule has 6 heteroatoms. The summed E-state index contributed by atoms with van der Waals surface area (Å²) >= 11 is 0. The second kappa shape index (κ2) is 6.63. The molecule has 4 amide bonds. The molecule has 0 spiro atoms. The number of carbonyl (C=O) groups excluding carboxylic acids is 3. The Hall–Kier alpha value is -3.15. The van der Waals surface area contributed by atoms with Gasteiger partial charge >= 0.3 is 6.03 Å². The molecule has 1 fully saturated rings. The molecule has 1 heterocycles. The fraction of sp³-hybridized carbons (Fsp3) is 0.250. The van der Waals surface area contributed by atoms with E-state index < -0.39 is 23.4 Å². The Kier molecular flexibility index (Phi) is 4.50. The maximum atomic E-state index is 12.8. The number of hydrogen-bond acceptors (Lipinski definition) is 3. The first-order valence-corrected chi connectivity index (χ1v) is 8.38. The van der Waals surface area contributed by atoms with Crippen molar-refractivity contribution in [3.05, 3.63) is 65.2 Å². The van der Waals surface area contributed by atoms with Crippen LogP contribution >= 0.6 is 0 Å². The van der Waals surface area contributed by atoms with Crippen LogP contribution in [0.15, 0.2) is 48.5 Å². The van der Waals surface area contributed by atoms with Gasteiger partial charge in [0.2, 0.25) is 5.91 Å². The first kappa shape index (κ1) is 17.7. The largest absolute Gasteiger partial charge is 0.325 e. The third-order valence-corrected chi connectivity index (χ3v) is 4.58. The molecule has 2 aromatic rings. The van der Waals surface area contributed by atoms with Gasteiger partial charge in [-0.25, -0.2) is 4.79 Å². The molecule has 0 radical (unpaired) electrons. The highest BCUT2D eigenvalue weighted by molar-refractivity contribution is 6.10. The molecule has 0 aliphatic carbocycles. The molecule has 3 rings (SSSR count). The van der Waals surface area contributed by atoms with Gasteiger partial charge in [0.25, 0.3) is 5.91 Å². The van der Waals surface area contributed by atoms with Crippen LogP contribution in [-0.4, -0.2) is 29.3 Å². The lowest BCUT2D eigenvalue weighted by Crippen LogP contribution is -2.42. The van der Waals surface area contributed by atoms with E-state index in [1.54, 1.807) is 31.2 Å². The minimum atomic E-state index is -1.17. The van der Waals surface area contributed by atoms with Crippen LogP contribution in [0.1, 0.15) is 23.6 Å². The molecule has 0 bridgehead atoms. The minimum Gasteiger partial charge on any atom is -0.324 e. The normalized spacial score (nSPS) is 19.4. The van der Waals surface area contributed by atoms with Crippen LogP contribution in [0.4, 0.5) is 10.5 Å². The maximum Gasteiger partial charge on any atom is 0.325 e. The number of rotatable bonds is 4. The van der Waals surface area contributed by atoms with Crippen LogP contribution in [-0.2, 0) is 15.1 Å². The van der Waals surface area contributed by atoms with Gasteiger partial charge in [-0.1, -0.05) is 48.0 Å². The molecule has 1 aliphatic rings. The van der Waals surface area contributed by atoms with Crippen molar-refractivity contribution in [1.82, 2.24) is 10.2 Å². The van der Waals surface area contributed by atoms with Crippen LogP contribution in [0.2, 0.25) is 0 Å². The molecule has 2 N–H and O–H groups in total. The van der Waals surface area contributed by atoms with Crippen LogP contribution in [0.25, 0.3) is 0 Å². The molecule has 0 unspecified atom stereocenters. The van der Waals surface area contributed by atoms with Gasteiger partial charge < -0.3 is 10.6 Å². The lowest BCUT2D eigenvalue weighted by Gasteiger charge is -2.22. The molecular weight excluding hydrogens is 330 g/mol. The molecule has 1 saturated heterocycles. The van der Waals surface area contributed by atoms with E-state index in [1.807, 2.05) is 38.1 Å². The summed E-state index contributed by atoms with van der Waals surface area (Å²) in [6, 6.07) is 14.1. The van der Waals surface area contributed by atoms with Gasteiger partial charge in [-0.3, -0.25) is 14.5 Å². The number of carbonyl (C=O) groups is 3. The van der Waals surface area contributed by atoms with E-state index in [1.165, 1.54) is 0 Å². The standard InChI is InChI=1S/C20H21N3O3/c1-13-9-10-16(14(2)11-13)21-17(24)12-23-18(25)20(3,22-19(23)26)15-7-5-4-6-8-15/h4-11H,12H2,1-3H3,(H,21,24)(H,22,26)/t20-/m0/s1. The molecule has 1 atom stereocenters. The molecular formula is C20H21N3O3. The highest BCUT2D eigenvalue weighted by atomic mass is 16.2. The van der Waals surface area contributed by atoms with Gasteiger partial charge in [0.15, 0.2) is 0 Å². The van der Waals surface area contributed by atoms with Crippen LogP contribution in [0, 0.1) is 13.8 Å². The van der Waals surface area contributed by atoms with Crippen LogP contribution in [0.3, 0.4) is 0 Å². The monoisotopic (exact) mass is 351 g/mol. The summed E-state index contributed by atoms with van der Waals surface area (Å²) in [7, 11) is 0.